The molecule has 3 rings (SSSR count). The third-order valence-electron chi connectivity index (χ3n) is 4.09. The lowest BCUT2D eigenvalue weighted by Gasteiger charge is -2.18. The molecule has 1 atom stereocenters. The van der Waals surface area contributed by atoms with Crippen molar-refractivity contribution in [1.82, 2.24) is 9.29 Å². The highest BCUT2D eigenvalue weighted by Gasteiger charge is 2.35. The zero-order valence-electron chi connectivity index (χ0n) is 13.9. The first-order chi connectivity index (χ1) is 11.8. The van der Waals surface area contributed by atoms with Crippen molar-refractivity contribution in [2.24, 2.45) is 0 Å². The molecule has 1 saturated heterocycles. The van der Waals surface area contributed by atoms with Crippen LogP contribution in [0.4, 0.5) is 0 Å². The van der Waals surface area contributed by atoms with Crippen molar-refractivity contribution < 1.29 is 13.2 Å². The van der Waals surface area contributed by atoms with Gasteiger partial charge in [0, 0.05) is 23.3 Å². The maximum Gasteiger partial charge on any atom is 0.244 e. The van der Waals surface area contributed by atoms with Crippen LogP contribution in [-0.4, -0.2) is 36.9 Å². The van der Waals surface area contributed by atoms with Crippen LogP contribution in [0.3, 0.4) is 0 Å². The molecule has 1 fully saturated rings. The van der Waals surface area contributed by atoms with Crippen molar-refractivity contribution in [3.8, 4) is 5.88 Å². The second kappa shape index (κ2) is 7.11. The van der Waals surface area contributed by atoms with Gasteiger partial charge >= 0.3 is 0 Å². The number of nitrogens with zero attached hydrogens (tertiary/aromatic N) is 2. The Morgan fingerprint density at radius 3 is 2.68 bits per heavy atom. The van der Waals surface area contributed by atoms with E-state index in [1.165, 1.54) is 16.4 Å². The highest BCUT2D eigenvalue weighted by molar-refractivity contribution is 7.89. The number of halogens is 2. The molecule has 25 heavy (non-hydrogen) atoms. The predicted molar refractivity (Wildman–Crippen MR) is 98.0 cm³/mol. The third-order valence-corrected chi connectivity index (χ3v) is 6.83. The van der Waals surface area contributed by atoms with E-state index < -0.39 is 10.0 Å². The molecule has 2 aromatic rings. The first-order valence-corrected chi connectivity index (χ1v) is 10.0. The molecule has 1 aliphatic rings. The summed E-state index contributed by atoms with van der Waals surface area (Å²) >= 11 is 12.1. The largest absolute Gasteiger partial charge is 0.473 e. The number of pyridine rings is 1. The van der Waals surface area contributed by atoms with Gasteiger partial charge in [0.1, 0.15) is 11.0 Å². The van der Waals surface area contributed by atoms with Crippen LogP contribution < -0.4 is 4.74 Å². The first-order valence-electron chi connectivity index (χ1n) is 7.83. The number of hydrogen-bond acceptors (Lipinski definition) is 4. The van der Waals surface area contributed by atoms with Crippen LogP contribution in [0, 0.1) is 13.8 Å². The molecule has 1 unspecified atom stereocenters. The Morgan fingerprint density at radius 1 is 1.20 bits per heavy atom. The van der Waals surface area contributed by atoms with Gasteiger partial charge in [-0.25, -0.2) is 13.4 Å². The number of benzene rings is 1. The van der Waals surface area contributed by atoms with E-state index in [1.807, 2.05) is 19.1 Å². The lowest BCUT2D eigenvalue weighted by molar-refractivity contribution is 0.206. The minimum Gasteiger partial charge on any atom is -0.473 e. The minimum absolute atomic E-state index is 0.0744. The highest BCUT2D eigenvalue weighted by atomic mass is 35.5. The molecule has 0 radical (unpaired) electrons. The molecular formula is C17H18Cl2N2O3S. The maximum absolute atomic E-state index is 12.9. The standard InChI is InChI=1S/C17H18Cl2N2O3S/c1-11-8-16(15(19)9-14(11)18)25(22,23)21-7-6-13(10-21)24-17-5-3-4-12(2)20-17/h3-5,8-9,13H,6-7,10H2,1-2H3. The average Bonchev–Trinajstić information content (AvgIpc) is 3.00. The molecule has 134 valence electrons. The number of sulfonamides is 1. The second-order valence-corrected chi connectivity index (χ2v) is 8.76. The highest BCUT2D eigenvalue weighted by Crippen LogP contribution is 2.32. The Morgan fingerprint density at radius 2 is 1.96 bits per heavy atom. The van der Waals surface area contributed by atoms with E-state index >= 15 is 0 Å². The molecule has 0 aliphatic carbocycles. The van der Waals surface area contributed by atoms with Crippen molar-refractivity contribution in [3.63, 3.8) is 0 Å². The fourth-order valence-corrected chi connectivity index (χ4v) is 5.03. The number of aryl methyl sites for hydroxylation is 2. The van der Waals surface area contributed by atoms with Gasteiger partial charge in [-0.2, -0.15) is 4.31 Å². The van der Waals surface area contributed by atoms with Gasteiger partial charge in [-0.05, 0) is 44.0 Å². The molecule has 2 heterocycles. The van der Waals surface area contributed by atoms with Crippen LogP contribution >= 0.6 is 23.2 Å². The van der Waals surface area contributed by atoms with Crippen molar-refractivity contribution in [2.75, 3.05) is 13.1 Å². The Kier molecular flexibility index (Phi) is 5.25. The Balaban J connectivity index is 1.78. The predicted octanol–water partition coefficient (Wildman–Crippen LogP) is 3.85. The summed E-state index contributed by atoms with van der Waals surface area (Å²) in [6.07, 6.45) is 0.357. The van der Waals surface area contributed by atoms with Crippen LogP contribution in [-0.2, 0) is 10.0 Å². The van der Waals surface area contributed by atoms with E-state index in [1.54, 1.807) is 13.0 Å². The second-order valence-electron chi connectivity index (χ2n) is 6.04. The van der Waals surface area contributed by atoms with E-state index in [2.05, 4.69) is 4.98 Å². The molecule has 1 aromatic heterocycles. The summed E-state index contributed by atoms with van der Waals surface area (Å²) in [6.45, 7) is 4.26. The molecule has 0 N–H and O–H groups in total. The Hall–Kier alpha value is -1.34. The monoisotopic (exact) mass is 400 g/mol. The molecule has 5 nitrogen and oxygen atoms in total. The van der Waals surface area contributed by atoms with Gasteiger partial charge in [-0.15, -0.1) is 0 Å². The number of aromatic nitrogens is 1. The number of rotatable bonds is 4. The number of hydrogen-bond donors (Lipinski definition) is 0. The Bertz CT molecular complexity index is 903. The maximum atomic E-state index is 12.9. The van der Waals surface area contributed by atoms with Crippen molar-refractivity contribution >= 4 is 33.2 Å². The van der Waals surface area contributed by atoms with E-state index in [-0.39, 0.29) is 22.6 Å². The zero-order chi connectivity index (χ0) is 18.2. The minimum atomic E-state index is -3.70. The van der Waals surface area contributed by atoms with E-state index in [9.17, 15) is 8.42 Å². The van der Waals surface area contributed by atoms with Gasteiger partial charge in [-0.3, -0.25) is 0 Å². The summed E-state index contributed by atoms with van der Waals surface area (Å²) in [6, 6.07) is 8.48. The van der Waals surface area contributed by atoms with E-state index in [4.69, 9.17) is 27.9 Å². The van der Waals surface area contributed by atoms with Crippen LogP contribution in [0.15, 0.2) is 35.2 Å². The fraction of sp³-hybridized carbons (Fsp3) is 0.353. The van der Waals surface area contributed by atoms with Crippen molar-refractivity contribution in [3.05, 3.63) is 51.6 Å². The molecule has 0 spiro atoms. The normalized spacial score (nSPS) is 18.5. The SMILES string of the molecule is Cc1cccc(OC2CCN(S(=O)(=O)c3cc(C)c(Cl)cc3Cl)C2)n1. The van der Waals surface area contributed by atoms with Crippen LogP contribution in [0.2, 0.25) is 10.0 Å². The van der Waals surface area contributed by atoms with Gasteiger partial charge < -0.3 is 4.74 Å². The molecule has 8 heteroatoms. The Labute approximate surface area is 157 Å². The van der Waals surface area contributed by atoms with Crippen molar-refractivity contribution in [1.29, 1.82) is 0 Å². The molecule has 0 saturated carbocycles. The van der Waals surface area contributed by atoms with E-state index in [0.29, 0.717) is 29.4 Å². The van der Waals surface area contributed by atoms with Gasteiger partial charge in [0.25, 0.3) is 0 Å². The molecule has 1 aliphatic heterocycles. The van der Waals surface area contributed by atoms with Gasteiger partial charge in [0.05, 0.1) is 11.6 Å². The topological polar surface area (TPSA) is 59.5 Å². The van der Waals surface area contributed by atoms with Crippen LogP contribution in [0.5, 0.6) is 5.88 Å². The lowest BCUT2D eigenvalue weighted by Crippen LogP contribution is -2.31. The quantitative estimate of drug-likeness (QED) is 0.781. The lowest BCUT2D eigenvalue weighted by atomic mass is 10.2. The zero-order valence-corrected chi connectivity index (χ0v) is 16.2. The number of ether oxygens (including phenoxy) is 1. The third kappa shape index (κ3) is 3.92. The first kappa shape index (κ1) is 18.5. The summed E-state index contributed by atoms with van der Waals surface area (Å²) in [5, 5.41) is 0.567. The fourth-order valence-electron chi connectivity index (χ4n) is 2.73. The molecule has 1 aromatic carbocycles. The summed E-state index contributed by atoms with van der Waals surface area (Å²) in [5.41, 5.74) is 1.52. The van der Waals surface area contributed by atoms with Crippen molar-refractivity contribution in [2.45, 2.75) is 31.3 Å². The van der Waals surface area contributed by atoms with Gasteiger partial charge in [0.2, 0.25) is 15.9 Å². The summed E-state index contributed by atoms with van der Waals surface area (Å²) in [5.74, 6) is 0.504. The average molecular weight is 401 g/mol. The van der Waals surface area contributed by atoms with Gasteiger partial charge in [-0.1, -0.05) is 29.3 Å². The molecular weight excluding hydrogens is 383 g/mol. The van der Waals surface area contributed by atoms with Crippen LogP contribution in [0.25, 0.3) is 0 Å². The summed E-state index contributed by atoms with van der Waals surface area (Å²) < 4.78 is 33.0. The smallest absolute Gasteiger partial charge is 0.244 e. The summed E-state index contributed by atoms with van der Waals surface area (Å²) in [7, 11) is -3.70. The molecule has 0 bridgehead atoms. The summed E-state index contributed by atoms with van der Waals surface area (Å²) in [4.78, 5) is 4.37. The van der Waals surface area contributed by atoms with E-state index in [0.717, 1.165) is 5.69 Å². The molecule has 0 amide bonds. The van der Waals surface area contributed by atoms with Crippen LogP contribution in [0.1, 0.15) is 17.7 Å². The van der Waals surface area contributed by atoms with Gasteiger partial charge in [0.15, 0.2) is 0 Å².